The predicted octanol–water partition coefficient (Wildman–Crippen LogP) is 2.48. The molecule has 0 fully saturated rings. The summed E-state index contributed by atoms with van der Waals surface area (Å²) >= 11 is 0. The molecule has 2 N–H and O–H groups in total. The third-order valence-electron chi connectivity index (χ3n) is 3.82. The van der Waals surface area contributed by atoms with Crippen molar-refractivity contribution in [2.75, 3.05) is 5.32 Å². The molecule has 3 amide bonds. The molecular weight excluding hydrogens is 320 g/mol. The quantitative estimate of drug-likeness (QED) is 0.840. The average molecular weight is 336 g/mol. The monoisotopic (exact) mass is 336 g/mol. The number of nitrogens with zero attached hydrogens (tertiary/aromatic N) is 1. The van der Waals surface area contributed by atoms with Crippen molar-refractivity contribution in [3.8, 4) is 0 Å². The van der Waals surface area contributed by atoms with Gasteiger partial charge in [-0.05, 0) is 23.3 Å². The molecule has 25 heavy (non-hydrogen) atoms. The lowest BCUT2D eigenvalue weighted by Crippen LogP contribution is -2.31. The van der Waals surface area contributed by atoms with Gasteiger partial charge in [0.1, 0.15) is 0 Å². The lowest BCUT2D eigenvalue weighted by atomic mass is 10.1. The van der Waals surface area contributed by atoms with Gasteiger partial charge < -0.3 is 10.4 Å². The molecule has 0 aliphatic carbocycles. The van der Waals surface area contributed by atoms with Crippen molar-refractivity contribution in [3.05, 3.63) is 71.5 Å². The van der Waals surface area contributed by atoms with E-state index in [0.29, 0.717) is 11.3 Å². The van der Waals surface area contributed by atoms with Crippen LogP contribution in [0.1, 0.15) is 18.1 Å². The van der Waals surface area contributed by atoms with Crippen LogP contribution in [0.4, 0.5) is 5.69 Å². The van der Waals surface area contributed by atoms with E-state index in [-0.39, 0.29) is 18.0 Å². The van der Waals surface area contributed by atoms with E-state index in [0.717, 1.165) is 10.5 Å². The topological polar surface area (TPSA) is 86.7 Å². The Morgan fingerprint density at radius 2 is 1.64 bits per heavy atom. The van der Waals surface area contributed by atoms with E-state index in [1.165, 1.54) is 6.92 Å². The molecule has 0 bridgehead atoms. The molecule has 0 aromatic heterocycles. The summed E-state index contributed by atoms with van der Waals surface area (Å²) in [5, 5.41) is 12.8. The zero-order valence-electron chi connectivity index (χ0n) is 13.5. The van der Waals surface area contributed by atoms with E-state index in [1.807, 2.05) is 18.2 Å². The molecular formula is C19H16N2O4. The SMILES string of the molecule is CC(=O)Nc1ccc(C2=C(O)C(=O)N(Cc3ccccc3)C2=O)cc1. The zero-order valence-corrected chi connectivity index (χ0v) is 13.5. The number of hydrogen-bond donors (Lipinski definition) is 2. The van der Waals surface area contributed by atoms with Crippen LogP contribution >= 0.6 is 0 Å². The number of amides is 3. The molecule has 1 aliphatic heterocycles. The van der Waals surface area contributed by atoms with Crippen molar-refractivity contribution in [3.63, 3.8) is 0 Å². The van der Waals surface area contributed by atoms with Gasteiger partial charge in [0.05, 0.1) is 12.1 Å². The Morgan fingerprint density at radius 1 is 1.00 bits per heavy atom. The molecule has 126 valence electrons. The normalized spacial score (nSPS) is 14.2. The molecule has 2 aromatic rings. The number of carbonyl (C=O) groups is 3. The lowest BCUT2D eigenvalue weighted by Gasteiger charge is -2.14. The third-order valence-corrected chi connectivity index (χ3v) is 3.82. The summed E-state index contributed by atoms with van der Waals surface area (Å²) < 4.78 is 0. The number of rotatable bonds is 4. The summed E-state index contributed by atoms with van der Waals surface area (Å²) in [6.07, 6.45) is 0. The number of benzene rings is 2. The van der Waals surface area contributed by atoms with Crippen molar-refractivity contribution >= 4 is 29.0 Å². The second-order valence-electron chi connectivity index (χ2n) is 5.66. The van der Waals surface area contributed by atoms with Crippen LogP contribution in [0.5, 0.6) is 0 Å². The summed E-state index contributed by atoms with van der Waals surface area (Å²) in [7, 11) is 0. The minimum absolute atomic E-state index is 0.0321. The van der Waals surface area contributed by atoms with Crippen LogP contribution < -0.4 is 5.32 Å². The Kier molecular flexibility index (Phi) is 4.35. The second kappa shape index (κ2) is 6.60. The fraction of sp³-hybridized carbons (Fsp3) is 0.105. The summed E-state index contributed by atoms with van der Waals surface area (Å²) in [6, 6.07) is 15.4. The van der Waals surface area contributed by atoms with E-state index >= 15 is 0 Å². The van der Waals surface area contributed by atoms with Crippen molar-refractivity contribution in [2.24, 2.45) is 0 Å². The smallest absolute Gasteiger partial charge is 0.296 e. The first-order chi connectivity index (χ1) is 12.0. The molecule has 1 aliphatic rings. The van der Waals surface area contributed by atoms with E-state index < -0.39 is 17.6 Å². The van der Waals surface area contributed by atoms with Crippen molar-refractivity contribution in [1.29, 1.82) is 0 Å². The Bertz CT molecular complexity index is 870. The largest absolute Gasteiger partial charge is 0.502 e. The van der Waals surface area contributed by atoms with Crippen LogP contribution in [0.3, 0.4) is 0 Å². The van der Waals surface area contributed by atoms with Gasteiger partial charge in [0.25, 0.3) is 11.8 Å². The molecule has 6 nitrogen and oxygen atoms in total. The van der Waals surface area contributed by atoms with Crippen molar-refractivity contribution in [1.82, 2.24) is 4.90 Å². The van der Waals surface area contributed by atoms with Crippen molar-refractivity contribution < 1.29 is 19.5 Å². The average Bonchev–Trinajstić information content (AvgIpc) is 2.80. The molecule has 3 rings (SSSR count). The number of imide groups is 1. The maximum atomic E-state index is 12.6. The highest BCUT2D eigenvalue weighted by Crippen LogP contribution is 2.29. The molecule has 0 saturated carbocycles. The molecule has 6 heteroatoms. The second-order valence-corrected chi connectivity index (χ2v) is 5.66. The first-order valence-electron chi connectivity index (χ1n) is 7.69. The number of anilines is 1. The Morgan fingerprint density at radius 3 is 2.24 bits per heavy atom. The van der Waals surface area contributed by atoms with Gasteiger partial charge in [-0.2, -0.15) is 0 Å². The highest BCUT2D eigenvalue weighted by Gasteiger charge is 2.39. The summed E-state index contributed by atoms with van der Waals surface area (Å²) in [4.78, 5) is 36.9. The maximum Gasteiger partial charge on any atom is 0.296 e. The van der Waals surface area contributed by atoms with E-state index in [9.17, 15) is 19.5 Å². The molecule has 0 spiro atoms. The Balaban J connectivity index is 1.85. The van der Waals surface area contributed by atoms with Crippen LogP contribution in [0.25, 0.3) is 5.57 Å². The molecule has 0 atom stereocenters. The zero-order chi connectivity index (χ0) is 18.0. The highest BCUT2D eigenvalue weighted by molar-refractivity contribution is 6.34. The van der Waals surface area contributed by atoms with Gasteiger partial charge in [0, 0.05) is 12.6 Å². The van der Waals surface area contributed by atoms with Gasteiger partial charge in [0.15, 0.2) is 5.76 Å². The summed E-state index contributed by atoms with van der Waals surface area (Å²) in [5.41, 5.74) is 1.74. The number of hydrogen-bond acceptors (Lipinski definition) is 4. The van der Waals surface area contributed by atoms with Gasteiger partial charge in [-0.15, -0.1) is 0 Å². The van der Waals surface area contributed by atoms with E-state index in [4.69, 9.17) is 0 Å². The van der Waals surface area contributed by atoms with E-state index in [1.54, 1.807) is 36.4 Å². The van der Waals surface area contributed by atoms with Crippen LogP contribution in [0, 0.1) is 0 Å². The molecule has 0 saturated heterocycles. The number of nitrogens with one attached hydrogen (secondary N) is 1. The van der Waals surface area contributed by atoms with Crippen LogP contribution in [-0.4, -0.2) is 27.7 Å². The standard InChI is InChI=1S/C19H16N2O4/c1-12(22)20-15-9-7-14(8-10-15)16-17(23)19(25)21(18(16)24)11-13-5-3-2-4-6-13/h2-10,23H,11H2,1H3,(H,20,22). The molecule has 0 radical (unpaired) electrons. The first kappa shape index (κ1) is 16.4. The predicted molar refractivity (Wildman–Crippen MR) is 92.3 cm³/mol. The van der Waals surface area contributed by atoms with E-state index in [2.05, 4.69) is 5.32 Å². The van der Waals surface area contributed by atoms with Crippen LogP contribution in [0.2, 0.25) is 0 Å². The maximum absolute atomic E-state index is 12.6. The number of aliphatic hydroxyl groups excluding tert-OH is 1. The fourth-order valence-electron chi connectivity index (χ4n) is 2.66. The van der Waals surface area contributed by atoms with Gasteiger partial charge in [0.2, 0.25) is 5.91 Å². The highest BCUT2D eigenvalue weighted by atomic mass is 16.3. The van der Waals surface area contributed by atoms with Crippen LogP contribution in [0.15, 0.2) is 60.4 Å². The van der Waals surface area contributed by atoms with Gasteiger partial charge in [-0.1, -0.05) is 42.5 Å². The minimum Gasteiger partial charge on any atom is -0.502 e. The number of carbonyl (C=O) groups excluding carboxylic acids is 3. The summed E-state index contributed by atoms with van der Waals surface area (Å²) in [5.74, 6) is -2.03. The van der Waals surface area contributed by atoms with Crippen molar-refractivity contribution in [2.45, 2.75) is 13.5 Å². The lowest BCUT2D eigenvalue weighted by molar-refractivity contribution is -0.138. The first-order valence-corrected chi connectivity index (χ1v) is 7.69. The van der Waals surface area contributed by atoms with Gasteiger partial charge in [-0.3, -0.25) is 19.3 Å². The molecule has 2 aromatic carbocycles. The fourth-order valence-corrected chi connectivity index (χ4v) is 2.66. The number of aliphatic hydroxyl groups is 1. The molecule has 1 heterocycles. The van der Waals surface area contributed by atoms with Gasteiger partial charge in [-0.25, -0.2) is 0 Å². The van der Waals surface area contributed by atoms with Gasteiger partial charge >= 0.3 is 0 Å². The summed E-state index contributed by atoms with van der Waals surface area (Å²) in [6.45, 7) is 1.49. The third kappa shape index (κ3) is 3.28. The minimum atomic E-state index is -0.713. The Labute approximate surface area is 144 Å². The van der Waals surface area contributed by atoms with Crippen LogP contribution in [-0.2, 0) is 20.9 Å². The molecule has 0 unspecified atom stereocenters. The Hall–Kier alpha value is -3.41.